The summed E-state index contributed by atoms with van der Waals surface area (Å²) in [6, 6.07) is 0.0177. The van der Waals surface area contributed by atoms with E-state index < -0.39 is 17.3 Å². The quantitative estimate of drug-likeness (QED) is 0.770. The van der Waals surface area contributed by atoms with Gasteiger partial charge in [0.25, 0.3) is 0 Å². The number of hydrogen-bond acceptors (Lipinski definition) is 2. The Morgan fingerprint density at radius 2 is 1.56 bits per heavy atom. The van der Waals surface area contributed by atoms with E-state index in [9.17, 15) is 14.7 Å². The molecule has 0 aliphatic carbocycles. The fraction of sp³-hybridized carbons (Fsp3) is 0.857. The summed E-state index contributed by atoms with van der Waals surface area (Å²) in [6.45, 7) is 13.8. The Hall–Kier alpha value is -1.06. The van der Waals surface area contributed by atoms with Crippen LogP contribution in [-0.4, -0.2) is 34.5 Å². The van der Waals surface area contributed by atoms with Crippen molar-refractivity contribution < 1.29 is 14.7 Å². The molecule has 0 saturated carbocycles. The van der Waals surface area contributed by atoms with E-state index in [4.69, 9.17) is 0 Å². The Morgan fingerprint density at radius 1 is 1.11 bits per heavy atom. The molecule has 0 fully saturated rings. The lowest BCUT2D eigenvalue weighted by molar-refractivity contribution is -0.157. The summed E-state index contributed by atoms with van der Waals surface area (Å²) < 4.78 is 0. The van der Waals surface area contributed by atoms with Gasteiger partial charge >= 0.3 is 5.97 Å². The minimum absolute atomic E-state index is 0.0177. The van der Waals surface area contributed by atoms with Gasteiger partial charge in [-0.15, -0.1) is 0 Å². The summed E-state index contributed by atoms with van der Waals surface area (Å²) in [7, 11) is 0. The molecule has 4 nitrogen and oxygen atoms in total. The third-order valence-corrected chi connectivity index (χ3v) is 2.83. The summed E-state index contributed by atoms with van der Waals surface area (Å²) in [4.78, 5) is 25.5. The maximum absolute atomic E-state index is 12.5. The van der Waals surface area contributed by atoms with E-state index in [1.165, 1.54) is 0 Å². The molecule has 0 spiro atoms. The van der Waals surface area contributed by atoms with E-state index >= 15 is 0 Å². The molecule has 0 aromatic carbocycles. The standard InChI is InChI=1S/C14H27NO3/c1-9(2)8-15(10(3)4)12(16)11(13(17)18)14(5,6)7/h9-11H,8H2,1-7H3,(H,17,18). The van der Waals surface area contributed by atoms with Crippen molar-refractivity contribution in [1.82, 2.24) is 4.90 Å². The number of nitrogens with zero attached hydrogens (tertiary/aromatic N) is 1. The lowest BCUT2D eigenvalue weighted by atomic mass is 9.79. The molecule has 0 aromatic heterocycles. The summed E-state index contributed by atoms with van der Waals surface area (Å²) >= 11 is 0. The molecule has 0 saturated heterocycles. The Bertz CT molecular complexity index is 303. The smallest absolute Gasteiger partial charge is 0.316 e. The highest BCUT2D eigenvalue weighted by atomic mass is 16.4. The van der Waals surface area contributed by atoms with Crippen LogP contribution in [0, 0.1) is 17.3 Å². The summed E-state index contributed by atoms with van der Waals surface area (Å²) in [5, 5.41) is 9.30. The van der Waals surface area contributed by atoms with Gasteiger partial charge < -0.3 is 10.0 Å². The molecule has 0 aliphatic heterocycles. The molecule has 4 heteroatoms. The molecule has 0 aliphatic rings. The largest absolute Gasteiger partial charge is 0.481 e. The summed E-state index contributed by atoms with van der Waals surface area (Å²) in [6.07, 6.45) is 0. The summed E-state index contributed by atoms with van der Waals surface area (Å²) in [5.74, 6) is -1.98. The molecule has 106 valence electrons. The van der Waals surface area contributed by atoms with Gasteiger partial charge in [-0.2, -0.15) is 0 Å². The minimum atomic E-state index is -1.04. The first-order valence-electron chi connectivity index (χ1n) is 6.51. The number of aliphatic carboxylic acids is 1. The van der Waals surface area contributed by atoms with Crippen molar-refractivity contribution in [2.45, 2.75) is 54.5 Å². The van der Waals surface area contributed by atoms with Crippen LogP contribution >= 0.6 is 0 Å². The predicted molar refractivity (Wildman–Crippen MR) is 72.3 cm³/mol. The molecule has 1 atom stereocenters. The van der Waals surface area contributed by atoms with Crippen molar-refractivity contribution in [2.75, 3.05) is 6.54 Å². The molecule has 18 heavy (non-hydrogen) atoms. The maximum Gasteiger partial charge on any atom is 0.316 e. The average Bonchev–Trinajstić information content (AvgIpc) is 2.09. The van der Waals surface area contributed by atoms with Gasteiger partial charge in [0, 0.05) is 12.6 Å². The van der Waals surface area contributed by atoms with Crippen molar-refractivity contribution in [3.63, 3.8) is 0 Å². The molecule has 0 rings (SSSR count). The maximum atomic E-state index is 12.5. The van der Waals surface area contributed by atoms with Gasteiger partial charge in [0.15, 0.2) is 0 Å². The molecule has 0 radical (unpaired) electrons. The molecule has 1 amide bonds. The number of carboxylic acids is 1. The first kappa shape index (κ1) is 16.9. The highest BCUT2D eigenvalue weighted by Gasteiger charge is 2.40. The van der Waals surface area contributed by atoms with Gasteiger partial charge in [0.1, 0.15) is 5.92 Å². The highest BCUT2D eigenvalue weighted by Crippen LogP contribution is 2.29. The zero-order chi connectivity index (χ0) is 14.7. The lowest BCUT2D eigenvalue weighted by Gasteiger charge is -2.35. The van der Waals surface area contributed by atoms with E-state index in [2.05, 4.69) is 0 Å². The monoisotopic (exact) mass is 257 g/mol. The van der Waals surface area contributed by atoms with E-state index in [1.807, 2.05) is 27.7 Å². The molecule has 1 N–H and O–H groups in total. The van der Waals surface area contributed by atoms with Gasteiger partial charge in [-0.1, -0.05) is 34.6 Å². The SMILES string of the molecule is CC(C)CN(C(=O)C(C(=O)O)C(C)(C)C)C(C)C. The average molecular weight is 257 g/mol. The minimum Gasteiger partial charge on any atom is -0.481 e. The van der Waals surface area contributed by atoms with E-state index in [0.717, 1.165) is 0 Å². The van der Waals surface area contributed by atoms with Gasteiger partial charge in [-0.3, -0.25) is 9.59 Å². The van der Waals surface area contributed by atoms with Crippen LogP contribution < -0.4 is 0 Å². The molecule has 1 unspecified atom stereocenters. The van der Waals surface area contributed by atoms with Crippen molar-refractivity contribution in [1.29, 1.82) is 0 Å². The number of carbonyl (C=O) groups is 2. The van der Waals surface area contributed by atoms with Crippen LogP contribution in [0.2, 0.25) is 0 Å². The number of rotatable bonds is 5. The van der Waals surface area contributed by atoms with Crippen molar-refractivity contribution in [3.05, 3.63) is 0 Å². The first-order valence-corrected chi connectivity index (χ1v) is 6.51. The van der Waals surface area contributed by atoms with Crippen molar-refractivity contribution in [3.8, 4) is 0 Å². The Morgan fingerprint density at radius 3 is 1.78 bits per heavy atom. The predicted octanol–water partition coefficient (Wildman–Crippen LogP) is 2.63. The zero-order valence-electron chi connectivity index (χ0n) is 12.7. The van der Waals surface area contributed by atoms with Crippen molar-refractivity contribution >= 4 is 11.9 Å². The number of carbonyl (C=O) groups excluding carboxylic acids is 1. The first-order chi connectivity index (χ1) is 7.98. The van der Waals surface area contributed by atoms with Gasteiger partial charge in [-0.05, 0) is 25.2 Å². The third-order valence-electron chi connectivity index (χ3n) is 2.83. The fourth-order valence-corrected chi connectivity index (χ4v) is 1.96. The van der Waals surface area contributed by atoms with E-state index in [-0.39, 0.29) is 11.9 Å². The highest BCUT2D eigenvalue weighted by molar-refractivity contribution is 5.97. The molecule has 0 bridgehead atoms. The van der Waals surface area contributed by atoms with Crippen LogP contribution in [-0.2, 0) is 9.59 Å². The molecular formula is C14H27NO3. The topological polar surface area (TPSA) is 57.6 Å². The van der Waals surface area contributed by atoms with Gasteiger partial charge in [0.2, 0.25) is 5.91 Å². The lowest BCUT2D eigenvalue weighted by Crippen LogP contribution is -2.49. The second-order valence-corrected chi connectivity index (χ2v) is 6.62. The van der Waals surface area contributed by atoms with Gasteiger partial charge in [-0.25, -0.2) is 0 Å². The second kappa shape index (κ2) is 6.21. The normalized spacial score (nSPS) is 13.8. The number of carboxylic acid groups (broad SMARTS) is 1. The van der Waals surface area contributed by atoms with E-state index in [0.29, 0.717) is 12.5 Å². The molecule has 0 heterocycles. The third kappa shape index (κ3) is 4.67. The fourth-order valence-electron chi connectivity index (χ4n) is 1.96. The molecule has 0 aromatic rings. The number of amides is 1. The second-order valence-electron chi connectivity index (χ2n) is 6.62. The zero-order valence-corrected chi connectivity index (χ0v) is 12.7. The van der Waals surface area contributed by atoms with Crippen LogP contribution in [0.5, 0.6) is 0 Å². The van der Waals surface area contributed by atoms with Crippen LogP contribution in [0.15, 0.2) is 0 Å². The van der Waals surface area contributed by atoms with E-state index in [1.54, 1.807) is 25.7 Å². The van der Waals surface area contributed by atoms with Crippen LogP contribution in [0.4, 0.5) is 0 Å². The summed E-state index contributed by atoms with van der Waals surface area (Å²) in [5.41, 5.74) is -0.576. The number of hydrogen-bond donors (Lipinski definition) is 1. The Kier molecular flexibility index (Phi) is 5.84. The van der Waals surface area contributed by atoms with Crippen molar-refractivity contribution in [2.24, 2.45) is 17.3 Å². The Balaban J connectivity index is 5.21. The van der Waals surface area contributed by atoms with Gasteiger partial charge in [0.05, 0.1) is 0 Å². The van der Waals surface area contributed by atoms with Crippen LogP contribution in [0.1, 0.15) is 48.5 Å². The molecular weight excluding hydrogens is 230 g/mol. The van der Waals surface area contributed by atoms with Crippen LogP contribution in [0.3, 0.4) is 0 Å². The Labute approximate surface area is 110 Å². The van der Waals surface area contributed by atoms with Crippen LogP contribution in [0.25, 0.3) is 0 Å².